The van der Waals surface area contributed by atoms with Crippen LogP contribution in [0.5, 0.6) is 0 Å². The summed E-state index contributed by atoms with van der Waals surface area (Å²) in [5, 5.41) is 8.82. The van der Waals surface area contributed by atoms with Gasteiger partial charge in [-0.05, 0) is 31.8 Å². The van der Waals surface area contributed by atoms with Crippen molar-refractivity contribution in [2.45, 2.75) is 18.9 Å². The molecule has 3 heterocycles. The van der Waals surface area contributed by atoms with Gasteiger partial charge in [0.15, 0.2) is 0 Å². The summed E-state index contributed by atoms with van der Waals surface area (Å²) in [4.78, 5) is 13.1. The van der Waals surface area contributed by atoms with Crippen LogP contribution in [-0.4, -0.2) is 41.7 Å². The van der Waals surface area contributed by atoms with E-state index in [4.69, 9.17) is 10.8 Å². The molecule has 4 nitrogen and oxygen atoms in total. The highest BCUT2D eigenvalue weighted by Gasteiger charge is 2.39. The molecular weight excluding hydrogens is 168 g/mol. The number of carbonyl (C=O) groups is 1. The fourth-order valence-corrected chi connectivity index (χ4v) is 2.60. The highest BCUT2D eigenvalue weighted by atomic mass is 16.4. The lowest BCUT2D eigenvalue weighted by Gasteiger charge is -2.46. The van der Waals surface area contributed by atoms with Crippen LogP contribution >= 0.6 is 0 Å². The van der Waals surface area contributed by atoms with E-state index >= 15 is 0 Å². The Balaban J connectivity index is 2.04. The molecule has 3 aliphatic rings. The quantitative estimate of drug-likeness (QED) is 0.620. The number of piperidine rings is 3. The Morgan fingerprint density at radius 3 is 2.46 bits per heavy atom. The summed E-state index contributed by atoms with van der Waals surface area (Å²) in [6.07, 6.45) is 2.26. The van der Waals surface area contributed by atoms with Crippen molar-refractivity contribution >= 4 is 5.97 Å². The predicted octanol–water partition coefficient (Wildman–Crippen LogP) is -0.260. The summed E-state index contributed by atoms with van der Waals surface area (Å²) >= 11 is 0. The molecular formula is C9H16N2O2. The second kappa shape index (κ2) is 3.27. The second-order valence-corrected chi connectivity index (χ2v) is 4.17. The van der Waals surface area contributed by atoms with E-state index in [1.807, 2.05) is 0 Å². The lowest BCUT2D eigenvalue weighted by Crippen LogP contribution is -2.55. The van der Waals surface area contributed by atoms with Crippen LogP contribution in [0, 0.1) is 11.8 Å². The molecule has 3 rings (SSSR count). The molecule has 2 atom stereocenters. The van der Waals surface area contributed by atoms with Gasteiger partial charge in [-0.15, -0.1) is 0 Å². The first-order valence-electron chi connectivity index (χ1n) is 4.89. The highest BCUT2D eigenvalue weighted by molar-refractivity contribution is 5.73. The van der Waals surface area contributed by atoms with Crippen LogP contribution in [0.3, 0.4) is 0 Å². The predicted molar refractivity (Wildman–Crippen MR) is 48.3 cm³/mol. The third kappa shape index (κ3) is 1.56. The molecule has 0 radical (unpaired) electrons. The average molecular weight is 184 g/mol. The number of aliphatic carboxylic acids is 1. The van der Waals surface area contributed by atoms with Crippen LogP contribution in [0.15, 0.2) is 0 Å². The van der Waals surface area contributed by atoms with Gasteiger partial charge in [-0.1, -0.05) is 0 Å². The lowest BCUT2D eigenvalue weighted by molar-refractivity contribution is -0.142. The SMILES string of the molecule is NC(C(=O)O)C1CN2CCC1CC2. The zero-order valence-electron chi connectivity index (χ0n) is 7.65. The van der Waals surface area contributed by atoms with Crippen LogP contribution in [0.25, 0.3) is 0 Å². The molecule has 74 valence electrons. The molecule has 0 aromatic rings. The minimum Gasteiger partial charge on any atom is -0.480 e. The summed E-state index contributed by atoms with van der Waals surface area (Å²) in [5.41, 5.74) is 5.65. The van der Waals surface area contributed by atoms with E-state index in [0.717, 1.165) is 32.5 Å². The first-order chi connectivity index (χ1) is 6.18. The molecule has 0 aliphatic carbocycles. The fourth-order valence-electron chi connectivity index (χ4n) is 2.60. The van der Waals surface area contributed by atoms with Crippen LogP contribution in [0.2, 0.25) is 0 Å². The summed E-state index contributed by atoms with van der Waals surface area (Å²) in [7, 11) is 0. The smallest absolute Gasteiger partial charge is 0.320 e. The molecule has 3 fully saturated rings. The Kier molecular flexibility index (Phi) is 2.26. The van der Waals surface area contributed by atoms with Crippen molar-refractivity contribution in [2.75, 3.05) is 19.6 Å². The van der Waals surface area contributed by atoms with Crippen molar-refractivity contribution in [3.05, 3.63) is 0 Å². The number of nitrogens with two attached hydrogens (primary N) is 1. The van der Waals surface area contributed by atoms with Gasteiger partial charge in [-0.2, -0.15) is 0 Å². The highest BCUT2D eigenvalue weighted by Crippen LogP contribution is 2.33. The molecule has 3 saturated heterocycles. The van der Waals surface area contributed by atoms with E-state index in [1.165, 1.54) is 0 Å². The van der Waals surface area contributed by atoms with E-state index in [2.05, 4.69) is 4.90 Å². The van der Waals surface area contributed by atoms with Crippen molar-refractivity contribution < 1.29 is 9.90 Å². The maximum absolute atomic E-state index is 10.7. The van der Waals surface area contributed by atoms with E-state index in [1.54, 1.807) is 0 Å². The van der Waals surface area contributed by atoms with Gasteiger partial charge >= 0.3 is 5.97 Å². The Morgan fingerprint density at radius 1 is 1.46 bits per heavy atom. The number of hydrogen-bond donors (Lipinski definition) is 2. The van der Waals surface area contributed by atoms with Gasteiger partial charge in [0.1, 0.15) is 6.04 Å². The topological polar surface area (TPSA) is 66.6 Å². The fraction of sp³-hybridized carbons (Fsp3) is 0.889. The van der Waals surface area contributed by atoms with Gasteiger partial charge < -0.3 is 15.7 Å². The van der Waals surface area contributed by atoms with Crippen molar-refractivity contribution in [3.8, 4) is 0 Å². The molecule has 2 unspecified atom stereocenters. The summed E-state index contributed by atoms with van der Waals surface area (Å²) < 4.78 is 0. The molecule has 3 N–H and O–H groups in total. The largest absolute Gasteiger partial charge is 0.480 e. The van der Waals surface area contributed by atoms with E-state index < -0.39 is 12.0 Å². The third-order valence-electron chi connectivity index (χ3n) is 3.45. The molecule has 0 saturated carbocycles. The first kappa shape index (κ1) is 8.97. The number of rotatable bonds is 2. The molecule has 4 heteroatoms. The summed E-state index contributed by atoms with van der Waals surface area (Å²) in [6.45, 7) is 3.15. The van der Waals surface area contributed by atoms with Crippen molar-refractivity contribution in [3.63, 3.8) is 0 Å². The van der Waals surface area contributed by atoms with Gasteiger partial charge in [0.05, 0.1) is 0 Å². The van der Waals surface area contributed by atoms with Crippen LogP contribution < -0.4 is 5.73 Å². The van der Waals surface area contributed by atoms with E-state index in [0.29, 0.717) is 5.92 Å². The van der Waals surface area contributed by atoms with E-state index in [-0.39, 0.29) is 5.92 Å². The summed E-state index contributed by atoms with van der Waals surface area (Å²) in [6, 6.07) is -0.659. The number of nitrogens with zero attached hydrogens (tertiary/aromatic N) is 1. The number of fused-ring (bicyclic) bond motifs is 3. The van der Waals surface area contributed by atoms with E-state index in [9.17, 15) is 4.79 Å². The summed E-state index contributed by atoms with van der Waals surface area (Å²) in [5.74, 6) is -0.116. The van der Waals surface area contributed by atoms with Gasteiger partial charge in [0.25, 0.3) is 0 Å². The van der Waals surface area contributed by atoms with Gasteiger partial charge in [-0.3, -0.25) is 4.79 Å². The van der Waals surface area contributed by atoms with Gasteiger partial charge in [0, 0.05) is 12.5 Å². The van der Waals surface area contributed by atoms with Gasteiger partial charge in [-0.25, -0.2) is 0 Å². The normalized spacial score (nSPS) is 40.2. The molecule has 2 bridgehead atoms. The Morgan fingerprint density at radius 2 is 2.08 bits per heavy atom. The van der Waals surface area contributed by atoms with Gasteiger partial charge in [0.2, 0.25) is 0 Å². The van der Waals surface area contributed by atoms with Crippen LogP contribution in [0.4, 0.5) is 0 Å². The Hall–Kier alpha value is -0.610. The Labute approximate surface area is 77.7 Å². The monoisotopic (exact) mass is 184 g/mol. The minimum absolute atomic E-state index is 0.181. The molecule has 0 spiro atoms. The zero-order chi connectivity index (χ0) is 9.42. The maximum Gasteiger partial charge on any atom is 0.320 e. The average Bonchev–Trinajstić information content (AvgIpc) is 2.18. The van der Waals surface area contributed by atoms with Crippen molar-refractivity contribution in [1.29, 1.82) is 0 Å². The maximum atomic E-state index is 10.7. The van der Waals surface area contributed by atoms with Crippen molar-refractivity contribution in [2.24, 2.45) is 17.6 Å². The number of carboxylic acids is 1. The number of carboxylic acid groups (broad SMARTS) is 1. The Bertz CT molecular complexity index is 212. The van der Waals surface area contributed by atoms with Crippen LogP contribution in [-0.2, 0) is 4.79 Å². The first-order valence-corrected chi connectivity index (χ1v) is 4.89. The molecule has 0 aromatic carbocycles. The van der Waals surface area contributed by atoms with Crippen LogP contribution in [0.1, 0.15) is 12.8 Å². The molecule has 13 heavy (non-hydrogen) atoms. The zero-order valence-corrected chi connectivity index (χ0v) is 7.65. The second-order valence-electron chi connectivity index (χ2n) is 4.17. The third-order valence-corrected chi connectivity index (χ3v) is 3.45. The minimum atomic E-state index is -0.848. The van der Waals surface area contributed by atoms with Crippen molar-refractivity contribution in [1.82, 2.24) is 4.90 Å². The molecule has 0 amide bonds. The molecule has 0 aromatic heterocycles. The number of hydrogen-bond acceptors (Lipinski definition) is 3. The lowest BCUT2D eigenvalue weighted by atomic mass is 9.75. The standard InChI is InChI=1S/C9H16N2O2/c10-8(9(12)13)7-5-11-3-1-6(7)2-4-11/h6-8H,1-5,10H2,(H,12,13). The molecule has 3 aliphatic heterocycles.